The second-order valence-electron chi connectivity index (χ2n) is 4.28. The summed E-state index contributed by atoms with van der Waals surface area (Å²) < 4.78 is 6.76. The topological polar surface area (TPSA) is 43.3 Å². The predicted molar refractivity (Wildman–Crippen MR) is 61.4 cm³/mol. The molecular formula is C12H18N2O2. The molecule has 2 heterocycles. The highest BCUT2D eigenvalue weighted by molar-refractivity contribution is 5.89. The number of hydrogen-bond donors (Lipinski definition) is 1. The Morgan fingerprint density at radius 3 is 3.00 bits per heavy atom. The zero-order valence-corrected chi connectivity index (χ0v) is 9.61. The van der Waals surface area contributed by atoms with Gasteiger partial charge in [-0.05, 0) is 37.9 Å². The monoisotopic (exact) mass is 222 g/mol. The van der Waals surface area contributed by atoms with Crippen LogP contribution in [0.25, 0.3) is 0 Å². The van der Waals surface area contributed by atoms with Gasteiger partial charge in [-0.2, -0.15) is 0 Å². The number of carbonyl (C=O) groups is 1. The van der Waals surface area contributed by atoms with Crippen LogP contribution in [-0.4, -0.2) is 30.7 Å². The van der Waals surface area contributed by atoms with Gasteiger partial charge in [0.05, 0.1) is 12.7 Å². The molecule has 0 atom stereocenters. The lowest BCUT2D eigenvalue weighted by Crippen LogP contribution is -2.29. The third-order valence-corrected chi connectivity index (χ3v) is 3.10. The molecule has 4 heteroatoms. The van der Waals surface area contributed by atoms with Crippen LogP contribution in [0.3, 0.4) is 0 Å². The number of rotatable bonds is 3. The van der Waals surface area contributed by atoms with Crippen LogP contribution >= 0.6 is 0 Å². The first-order chi connectivity index (χ1) is 7.79. The summed E-state index contributed by atoms with van der Waals surface area (Å²) in [5.41, 5.74) is 0.636. The van der Waals surface area contributed by atoms with Crippen LogP contribution in [-0.2, 0) is 11.3 Å². The van der Waals surface area contributed by atoms with E-state index in [9.17, 15) is 4.79 Å². The summed E-state index contributed by atoms with van der Waals surface area (Å²) in [4.78, 5) is 11.3. The Morgan fingerprint density at radius 2 is 2.31 bits per heavy atom. The van der Waals surface area contributed by atoms with Crippen molar-refractivity contribution in [2.45, 2.75) is 19.4 Å². The van der Waals surface area contributed by atoms with Crippen molar-refractivity contribution in [3.63, 3.8) is 0 Å². The first-order valence-electron chi connectivity index (χ1n) is 5.74. The second-order valence-corrected chi connectivity index (χ2v) is 4.28. The van der Waals surface area contributed by atoms with Gasteiger partial charge in [-0.1, -0.05) is 0 Å². The third kappa shape index (κ3) is 2.64. The molecule has 1 saturated heterocycles. The van der Waals surface area contributed by atoms with Gasteiger partial charge < -0.3 is 14.6 Å². The number of nitrogens with zero attached hydrogens (tertiary/aromatic N) is 1. The molecule has 0 amide bonds. The van der Waals surface area contributed by atoms with Gasteiger partial charge in [-0.25, -0.2) is 4.79 Å². The van der Waals surface area contributed by atoms with Gasteiger partial charge in [0.25, 0.3) is 0 Å². The van der Waals surface area contributed by atoms with Crippen molar-refractivity contribution in [2.75, 3.05) is 20.2 Å². The summed E-state index contributed by atoms with van der Waals surface area (Å²) in [5.74, 6) is 0.461. The summed E-state index contributed by atoms with van der Waals surface area (Å²) in [7, 11) is 1.41. The fourth-order valence-electron chi connectivity index (χ4n) is 2.16. The van der Waals surface area contributed by atoms with E-state index in [1.165, 1.54) is 20.0 Å². The smallest absolute Gasteiger partial charge is 0.339 e. The number of aromatic nitrogens is 1. The molecule has 1 aliphatic rings. The van der Waals surface area contributed by atoms with Gasteiger partial charge in [0.15, 0.2) is 0 Å². The maximum Gasteiger partial charge on any atom is 0.339 e. The fraction of sp³-hybridized carbons (Fsp3) is 0.583. The van der Waals surface area contributed by atoms with Gasteiger partial charge in [0, 0.05) is 18.9 Å². The molecule has 4 nitrogen and oxygen atoms in total. The zero-order chi connectivity index (χ0) is 11.4. The number of piperidine rings is 1. The lowest BCUT2D eigenvalue weighted by atomic mass is 9.98. The van der Waals surface area contributed by atoms with Crippen LogP contribution < -0.4 is 5.32 Å². The van der Waals surface area contributed by atoms with E-state index in [-0.39, 0.29) is 5.97 Å². The Labute approximate surface area is 95.6 Å². The number of nitrogens with one attached hydrogen (secondary N) is 1. The maximum atomic E-state index is 11.3. The summed E-state index contributed by atoms with van der Waals surface area (Å²) in [6, 6.07) is 1.81. The molecule has 1 aromatic rings. The van der Waals surface area contributed by atoms with Crippen LogP contribution in [0.15, 0.2) is 18.5 Å². The van der Waals surface area contributed by atoms with E-state index in [4.69, 9.17) is 0 Å². The van der Waals surface area contributed by atoms with E-state index in [0.717, 1.165) is 25.6 Å². The molecule has 0 aliphatic carbocycles. The Bertz CT molecular complexity index is 354. The van der Waals surface area contributed by atoms with Crippen molar-refractivity contribution in [1.29, 1.82) is 0 Å². The van der Waals surface area contributed by atoms with Gasteiger partial charge in [0.1, 0.15) is 0 Å². The average molecular weight is 222 g/mol. The lowest BCUT2D eigenvalue weighted by molar-refractivity contribution is 0.0600. The Morgan fingerprint density at radius 1 is 1.56 bits per heavy atom. The van der Waals surface area contributed by atoms with E-state index in [0.29, 0.717) is 5.56 Å². The molecule has 88 valence electrons. The minimum atomic E-state index is -0.260. The van der Waals surface area contributed by atoms with Crippen LogP contribution in [0.2, 0.25) is 0 Å². The molecule has 0 unspecified atom stereocenters. The highest BCUT2D eigenvalue weighted by Gasteiger charge is 2.14. The molecule has 1 aliphatic heterocycles. The van der Waals surface area contributed by atoms with Crippen LogP contribution in [0.5, 0.6) is 0 Å². The maximum absolute atomic E-state index is 11.3. The van der Waals surface area contributed by atoms with Crippen LogP contribution in [0, 0.1) is 5.92 Å². The molecule has 0 bridgehead atoms. The third-order valence-electron chi connectivity index (χ3n) is 3.10. The summed E-state index contributed by atoms with van der Waals surface area (Å²) in [5, 5.41) is 3.35. The first kappa shape index (κ1) is 11.2. The van der Waals surface area contributed by atoms with Crippen molar-refractivity contribution in [2.24, 2.45) is 5.92 Å². The van der Waals surface area contributed by atoms with E-state index < -0.39 is 0 Å². The Kier molecular flexibility index (Phi) is 3.62. The molecule has 0 radical (unpaired) electrons. The summed E-state index contributed by atoms with van der Waals surface area (Å²) >= 11 is 0. The first-order valence-corrected chi connectivity index (χ1v) is 5.74. The van der Waals surface area contributed by atoms with Gasteiger partial charge in [-0.15, -0.1) is 0 Å². The van der Waals surface area contributed by atoms with Crippen molar-refractivity contribution < 1.29 is 9.53 Å². The second kappa shape index (κ2) is 5.16. The fourth-order valence-corrected chi connectivity index (χ4v) is 2.16. The van der Waals surface area contributed by atoms with Gasteiger partial charge in [0.2, 0.25) is 0 Å². The summed E-state index contributed by atoms with van der Waals surface area (Å²) in [6.07, 6.45) is 6.25. The number of esters is 1. The predicted octanol–water partition coefficient (Wildman–Crippen LogP) is 1.27. The lowest BCUT2D eigenvalue weighted by Gasteiger charge is -2.22. The Balaban J connectivity index is 1.94. The number of methoxy groups -OCH3 is 1. The van der Waals surface area contributed by atoms with Gasteiger partial charge >= 0.3 is 5.97 Å². The molecule has 0 saturated carbocycles. The number of ether oxygens (including phenoxy) is 1. The van der Waals surface area contributed by atoms with Crippen molar-refractivity contribution in [3.05, 3.63) is 24.0 Å². The van der Waals surface area contributed by atoms with Crippen LogP contribution in [0.1, 0.15) is 23.2 Å². The molecule has 1 aromatic heterocycles. The normalized spacial score (nSPS) is 17.3. The molecule has 1 fully saturated rings. The molecule has 0 spiro atoms. The molecule has 1 N–H and O–H groups in total. The van der Waals surface area contributed by atoms with E-state index in [1.807, 2.05) is 18.5 Å². The van der Waals surface area contributed by atoms with Crippen molar-refractivity contribution in [3.8, 4) is 0 Å². The SMILES string of the molecule is COC(=O)c1ccn(CC2CCNCC2)c1. The van der Waals surface area contributed by atoms with E-state index in [1.54, 1.807) is 0 Å². The molecular weight excluding hydrogens is 204 g/mol. The van der Waals surface area contributed by atoms with E-state index >= 15 is 0 Å². The largest absolute Gasteiger partial charge is 0.465 e. The highest BCUT2D eigenvalue weighted by Crippen LogP contribution is 2.15. The van der Waals surface area contributed by atoms with E-state index in [2.05, 4.69) is 14.6 Å². The molecule has 0 aromatic carbocycles. The zero-order valence-electron chi connectivity index (χ0n) is 9.61. The van der Waals surface area contributed by atoms with Crippen molar-refractivity contribution >= 4 is 5.97 Å². The number of hydrogen-bond acceptors (Lipinski definition) is 3. The van der Waals surface area contributed by atoms with Crippen LogP contribution in [0.4, 0.5) is 0 Å². The minimum absolute atomic E-state index is 0.260. The molecule has 2 rings (SSSR count). The standard InChI is InChI=1S/C12H18N2O2/c1-16-12(15)11-4-7-14(9-11)8-10-2-5-13-6-3-10/h4,7,9-10,13H,2-3,5-6,8H2,1H3. The average Bonchev–Trinajstić information content (AvgIpc) is 2.78. The Hall–Kier alpha value is -1.29. The quantitative estimate of drug-likeness (QED) is 0.783. The summed E-state index contributed by atoms with van der Waals surface area (Å²) in [6.45, 7) is 3.21. The van der Waals surface area contributed by atoms with Crippen molar-refractivity contribution in [1.82, 2.24) is 9.88 Å². The molecule has 16 heavy (non-hydrogen) atoms. The van der Waals surface area contributed by atoms with Gasteiger partial charge in [-0.3, -0.25) is 0 Å². The highest BCUT2D eigenvalue weighted by atomic mass is 16.5. The minimum Gasteiger partial charge on any atom is -0.465 e. The number of carbonyl (C=O) groups excluding carboxylic acids is 1.